The largest absolute Gasteiger partial charge is 0.338 e. The van der Waals surface area contributed by atoms with Crippen LogP contribution in [-0.2, 0) is 4.79 Å². The monoisotopic (exact) mass is 423 g/mol. The number of thiophene rings is 1. The Morgan fingerprint density at radius 2 is 1.87 bits per heavy atom. The van der Waals surface area contributed by atoms with E-state index < -0.39 is 0 Å². The summed E-state index contributed by atoms with van der Waals surface area (Å²) in [5, 5.41) is 3.88. The van der Waals surface area contributed by atoms with E-state index in [9.17, 15) is 9.59 Å². The fourth-order valence-corrected chi connectivity index (χ4v) is 5.24. The highest BCUT2D eigenvalue weighted by atomic mass is 32.1. The number of carbonyl (C=O) groups is 2. The Morgan fingerprint density at radius 1 is 1.13 bits per heavy atom. The lowest BCUT2D eigenvalue weighted by Crippen LogP contribution is -2.41. The van der Waals surface area contributed by atoms with E-state index in [0.717, 1.165) is 37.7 Å². The third-order valence-electron chi connectivity index (χ3n) is 5.60. The van der Waals surface area contributed by atoms with Crippen molar-refractivity contribution in [2.45, 2.75) is 40.5 Å². The van der Waals surface area contributed by atoms with Crippen LogP contribution >= 0.6 is 11.3 Å². The molecule has 156 valence electrons. The van der Waals surface area contributed by atoms with E-state index in [1.807, 2.05) is 44.7 Å². The Hall–Kier alpha value is -2.87. The van der Waals surface area contributed by atoms with Gasteiger partial charge in [-0.1, -0.05) is 0 Å². The average Bonchev–Trinajstić information content (AvgIpc) is 3.04. The number of carbonyl (C=O) groups excluding carboxylic acids is 2. The van der Waals surface area contributed by atoms with Crippen molar-refractivity contribution in [3.05, 3.63) is 45.9 Å². The van der Waals surface area contributed by atoms with Gasteiger partial charge in [0, 0.05) is 36.3 Å². The summed E-state index contributed by atoms with van der Waals surface area (Å²) in [6, 6.07) is 3.75. The fourth-order valence-electron chi connectivity index (χ4n) is 4.00. The topological polar surface area (TPSA) is 88.1 Å². The molecule has 7 nitrogen and oxygen atoms in total. The van der Waals surface area contributed by atoms with Crippen molar-refractivity contribution in [1.29, 1.82) is 0 Å². The maximum atomic E-state index is 13.2. The van der Waals surface area contributed by atoms with E-state index >= 15 is 0 Å². The molecule has 0 saturated carbocycles. The van der Waals surface area contributed by atoms with Gasteiger partial charge < -0.3 is 10.2 Å². The summed E-state index contributed by atoms with van der Waals surface area (Å²) in [5.74, 6) is 1.17. The number of nitrogens with one attached hydrogen (secondary N) is 1. The Bertz CT molecular complexity index is 1130. The maximum absolute atomic E-state index is 13.2. The van der Waals surface area contributed by atoms with Crippen LogP contribution in [0.2, 0.25) is 0 Å². The van der Waals surface area contributed by atoms with Crippen molar-refractivity contribution in [3.63, 3.8) is 0 Å². The minimum Gasteiger partial charge on any atom is -0.338 e. The van der Waals surface area contributed by atoms with Crippen LogP contribution in [0.25, 0.3) is 10.2 Å². The summed E-state index contributed by atoms with van der Waals surface area (Å²) < 4.78 is 0. The molecule has 8 heteroatoms. The molecule has 3 aromatic heterocycles. The van der Waals surface area contributed by atoms with Gasteiger partial charge in [-0.25, -0.2) is 15.0 Å². The summed E-state index contributed by atoms with van der Waals surface area (Å²) in [7, 11) is 0. The molecule has 1 N–H and O–H groups in total. The highest BCUT2D eigenvalue weighted by molar-refractivity contribution is 7.20. The molecule has 1 saturated heterocycles. The molecule has 4 rings (SSSR count). The first-order valence-electron chi connectivity index (χ1n) is 10.1. The molecule has 1 aliphatic rings. The van der Waals surface area contributed by atoms with Gasteiger partial charge in [-0.2, -0.15) is 0 Å². The molecule has 0 spiro atoms. The second-order valence-electron chi connectivity index (χ2n) is 7.87. The second-order valence-corrected chi connectivity index (χ2v) is 8.87. The third kappa shape index (κ3) is 3.92. The summed E-state index contributed by atoms with van der Waals surface area (Å²) in [5.41, 5.74) is 2.91. The lowest BCUT2D eigenvalue weighted by molar-refractivity contribution is -0.121. The molecule has 0 radical (unpaired) electrons. The quantitative estimate of drug-likeness (QED) is 0.692. The predicted octanol–water partition coefficient (Wildman–Crippen LogP) is 3.81. The second kappa shape index (κ2) is 8.10. The lowest BCUT2D eigenvalue weighted by atomic mass is 9.95. The molecule has 0 aliphatic carbocycles. The number of fused-ring (bicyclic) bond motifs is 1. The normalized spacial score (nSPS) is 14.9. The van der Waals surface area contributed by atoms with E-state index in [1.165, 1.54) is 11.3 Å². The average molecular weight is 424 g/mol. The van der Waals surface area contributed by atoms with E-state index in [1.54, 1.807) is 6.20 Å². The first-order valence-corrected chi connectivity index (χ1v) is 10.9. The summed E-state index contributed by atoms with van der Waals surface area (Å²) >= 11 is 1.43. The number of anilines is 1. The van der Waals surface area contributed by atoms with Gasteiger partial charge in [0.1, 0.15) is 16.5 Å². The number of amides is 2. The van der Waals surface area contributed by atoms with Crippen LogP contribution in [0.5, 0.6) is 0 Å². The van der Waals surface area contributed by atoms with Crippen molar-refractivity contribution in [2.75, 3.05) is 18.4 Å². The molecule has 1 aliphatic heterocycles. The molecular weight excluding hydrogens is 398 g/mol. The zero-order valence-corrected chi connectivity index (χ0v) is 18.5. The minimum atomic E-state index is -0.115. The maximum Gasteiger partial charge on any atom is 0.264 e. The number of aromatic nitrogens is 3. The summed E-state index contributed by atoms with van der Waals surface area (Å²) in [6.07, 6.45) is 2.98. The number of piperidine rings is 1. The van der Waals surface area contributed by atoms with Crippen LogP contribution in [-0.4, -0.2) is 44.8 Å². The molecule has 0 aromatic carbocycles. The van der Waals surface area contributed by atoms with Gasteiger partial charge in [0.2, 0.25) is 5.91 Å². The van der Waals surface area contributed by atoms with Gasteiger partial charge in [0.15, 0.2) is 0 Å². The minimum absolute atomic E-state index is 0.0202. The first kappa shape index (κ1) is 20.4. The molecule has 0 bridgehead atoms. The van der Waals surface area contributed by atoms with E-state index in [2.05, 4.69) is 20.3 Å². The predicted molar refractivity (Wildman–Crippen MR) is 118 cm³/mol. The van der Waals surface area contributed by atoms with Crippen molar-refractivity contribution < 1.29 is 9.59 Å². The van der Waals surface area contributed by atoms with Crippen LogP contribution < -0.4 is 5.32 Å². The smallest absolute Gasteiger partial charge is 0.264 e. The number of nitrogens with zero attached hydrogens (tertiary/aromatic N) is 4. The van der Waals surface area contributed by atoms with Crippen LogP contribution in [0, 0.1) is 33.6 Å². The fraction of sp³-hybridized carbons (Fsp3) is 0.409. The highest BCUT2D eigenvalue weighted by Gasteiger charge is 2.30. The summed E-state index contributed by atoms with van der Waals surface area (Å²) in [6.45, 7) is 8.88. The van der Waals surface area contributed by atoms with Gasteiger partial charge in [-0.05, 0) is 63.8 Å². The Morgan fingerprint density at radius 3 is 2.57 bits per heavy atom. The van der Waals surface area contributed by atoms with E-state index in [0.29, 0.717) is 31.7 Å². The van der Waals surface area contributed by atoms with Crippen molar-refractivity contribution >= 4 is 39.2 Å². The zero-order valence-electron chi connectivity index (χ0n) is 17.7. The van der Waals surface area contributed by atoms with Crippen molar-refractivity contribution in [2.24, 2.45) is 5.92 Å². The molecule has 30 heavy (non-hydrogen) atoms. The van der Waals surface area contributed by atoms with Crippen molar-refractivity contribution in [3.8, 4) is 0 Å². The Labute approximate surface area is 179 Å². The number of rotatable bonds is 3. The molecule has 2 amide bonds. The van der Waals surface area contributed by atoms with Crippen LogP contribution in [0.3, 0.4) is 0 Å². The SMILES string of the molecule is Cc1ccnc(NC(=O)C2CCN(C(=O)c3sc4nc(C)nc(C)c4c3C)CC2)c1. The summed E-state index contributed by atoms with van der Waals surface area (Å²) in [4.78, 5) is 42.3. The Kier molecular flexibility index (Phi) is 5.51. The molecule has 0 atom stereocenters. The van der Waals surface area contributed by atoms with Gasteiger partial charge in [-0.15, -0.1) is 11.3 Å². The number of aryl methyl sites for hydroxylation is 4. The highest BCUT2D eigenvalue weighted by Crippen LogP contribution is 2.33. The van der Waals surface area contributed by atoms with Gasteiger partial charge in [0.25, 0.3) is 5.91 Å². The standard InChI is InChI=1S/C22H25N5O2S/c1-12-5-8-23-17(11-12)26-20(28)16-6-9-27(10-7-16)22(29)19-13(2)18-14(3)24-15(4)25-21(18)30-19/h5,8,11,16H,6-7,9-10H2,1-4H3,(H,23,26,28). The molecule has 4 heterocycles. The number of pyridine rings is 1. The number of hydrogen-bond donors (Lipinski definition) is 1. The molecular formula is C22H25N5O2S. The van der Waals surface area contributed by atoms with Crippen LogP contribution in [0.4, 0.5) is 5.82 Å². The van der Waals surface area contributed by atoms with Gasteiger partial charge >= 0.3 is 0 Å². The van der Waals surface area contributed by atoms with Gasteiger partial charge in [0.05, 0.1) is 4.88 Å². The zero-order chi connectivity index (χ0) is 21.4. The van der Waals surface area contributed by atoms with Crippen LogP contribution in [0.15, 0.2) is 18.3 Å². The van der Waals surface area contributed by atoms with Gasteiger partial charge in [-0.3, -0.25) is 9.59 Å². The van der Waals surface area contributed by atoms with E-state index in [4.69, 9.17) is 0 Å². The Balaban J connectivity index is 1.43. The number of likely N-dealkylation sites (tertiary alicyclic amines) is 1. The molecule has 1 fully saturated rings. The lowest BCUT2D eigenvalue weighted by Gasteiger charge is -2.31. The van der Waals surface area contributed by atoms with E-state index in [-0.39, 0.29) is 17.7 Å². The molecule has 0 unspecified atom stereocenters. The van der Waals surface area contributed by atoms with Crippen molar-refractivity contribution in [1.82, 2.24) is 19.9 Å². The van der Waals surface area contributed by atoms with Crippen LogP contribution in [0.1, 0.15) is 45.2 Å². The first-order chi connectivity index (χ1) is 14.3. The molecule has 3 aromatic rings. The number of hydrogen-bond acceptors (Lipinski definition) is 6. The third-order valence-corrected chi connectivity index (χ3v) is 6.77.